The Kier molecular flexibility index (Phi) is 4.88. The summed E-state index contributed by atoms with van der Waals surface area (Å²) in [6, 6.07) is 13.8. The van der Waals surface area contributed by atoms with Crippen LogP contribution in [-0.2, 0) is 14.3 Å². The van der Waals surface area contributed by atoms with Gasteiger partial charge in [-0.05, 0) is 55.2 Å². The number of fused-ring (bicyclic) bond motifs is 1. The van der Waals surface area contributed by atoms with Gasteiger partial charge < -0.3 is 19.5 Å². The number of hydrogen-bond donors (Lipinski definition) is 1. The van der Waals surface area contributed by atoms with Crippen molar-refractivity contribution in [3.63, 3.8) is 0 Å². The van der Waals surface area contributed by atoms with Gasteiger partial charge in [-0.3, -0.25) is 14.4 Å². The number of Topliss-reactive ketones (excluding diaryl/α,β-unsaturated/α-hetero) is 1. The summed E-state index contributed by atoms with van der Waals surface area (Å²) in [4.78, 5) is 37.3. The highest BCUT2D eigenvalue weighted by Gasteiger charge is 2.63. The molecule has 5 rings (SSSR count). The average molecular weight is 421 g/mol. The van der Waals surface area contributed by atoms with Crippen LogP contribution in [0.3, 0.4) is 0 Å². The van der Waals surface area contributed by atoms with Gasteiger partial charge in [-0.2, -0.15) is 0 Å². The zero-order valence-corrected chi connectivity index (χ0v) is 17.1. The lowest BCUT2D eigenvalue weighted by Crippen LogP contribution is -2.35. The quantitative estimate of drug-likeness (QED) is 0.546. The molecular weight excluding hydrogens is 398 g/mol. The molecule has 1 aliphatic heterocycles. The lowest BCUT2D eigenvalue weighted by molar-refractivity contribution is -0.145. The molecule has 0 unspecified atom stereocenters. The maximum atomic E-state index is 12.8. The summed E-state index contributed by atoms with van der Waals surface area (Å²) in [5.74, 6) is 0.439. The molecule has 1 N–H and O–H groups in total. The summed E-state index contributed by atoms with van der Waals surface area (Å²) < 4.78 is 16.1. The van der Waals surface area contributed by atoms with Crippen LogP contribution in [0.5, 0.6) is 11.5 Å². The molecule has 2 aliphatic carbocycles. The predicted molar refractivity (Wildman–Crippen MR) is 111 cm³/mol. The Balaban J connectivity index is 1.17. The van der Waals surface area contributed by atoms with E-state index < -0.39 is 0 Å². The summed E-state index contributed by atoms with van der Waals surface area (Å²) in [5.41, 5.74) is 1.14. The van der Waals surface area contributed by atoms with Crippen molar-refractivity contribution in [1.29, 1.82) is 0 Å². The number of hydrogen-bond acceptors (Lipinski definition) is 6. The number of anilines is 1. The minimum atomic E-state index is -0.312. The smallest absolute Gasteiger partial charge is 0.310 e. The zero-order valence-electron chi connectivity index (χ0n) is 17.1. The van der Waals surface area contributed by atoms with Crippen molar-refractivity contribution in [3.05, 3.63) is 54.1 Å². The molecule has 1 amide bonds. The van der Waals surface area contributed by atoms with Crippen LogP contribution in [0.2, 0.25) is 0 Å². The van der Waals surface area contributed by atoms with Gasteiger partial charge in [0, 0.05) is 17.2 Å². The summed E-state index contributed by atoms with van der Waals surface area (Å²) in [5, 5.41) is 2.92. The molecule has 2 aromatic rings. The summed E-state index contributed by atoms with van der Waals surface area (Å²) >= 11 is 0. The number of ether oxygens (including phenoxy) is 3. The van der Waals surface area contributed by atoms with Crippen molar-refractivity contribution < 1.29 is 28.6 Å². The molecule has 7 nitrogen and oxygen atoms in total. The molecule has 160 valence electrons. The van der Waals surface area contributed by atoms with Gasteiger partial charge >= 0.3 is 5.97 Å². The number of nitrogens with one attached hydrogen (secondary N) is 1. The molecule has 5 atom stereocenters. The molecule has 1 saturated heterocycles. The fraction of sp³-hybridized carbons (Fsp3) is 0.375. The first-order valence-electron chi connectivity index (χ1n) is 10.4. The van der Waals surface area contributed by atoms with Gasteiger partial charge in [-0.15, -0.1) is 0 Å². The van der Waals surface area contributed by atoms with E-state index in [-0.39, 0.29) is 54.0 Å². The molecule has 1 heterocycles. The topological polar surface area (TPSA) is 90.9 Å². The van der Waals surface area contributed by atoms with Crippen molar-refractivity contribution in [2.75, 3.05) is 19.0 Å². The van der Waals surface area contributed by atoms with Crippen LogP contribution in [-0.4, -0.2) is 37.5 Å². The van der Waals surface area contributed by atoms with E-state index in [1.54, 1.807) is 55.6 Å². The second kappa shape index (κ2) is 7.72. The van der Waals surface area contributed by atoms with Crippen LogP contribution in [0.4, 0.5) is 5.69 Å². The Labute approximate surface area is 179 Å². The molecule has 3 fully saturated rings. The molecule has 0 aromatic heterocycles. The van der Waals surface area contributed by atoms with Crippen molar-refractivity contribution in [2.45, 2.75) is 18.9 Å². The van der Waals surface area contributed by atoms with E-state index in [2.05, 4.69) is 5.32 Å². The molecule has 31 heavy (non-hydrogen) atoms. The number of rotatable bonds is 7. The predicted octanol–water partition coefficient (Wildman–Crippen LogP) is 3.09. The third kappa shape index (κ3) is 3.54. The second-order valence-corrected chi connectivity index (χ2v) is 8.38. The largest absolute Gasteiger partial charge is 0.497 e. The molecule has 0 radical (unpaired) electrons. The number of carbonyl (C=O) groups excluding carboxylic acids is 3. The van der Waals surface area contributed by atoms with Gasteiger partial charge in [0.15, 0.2) is 12.4 Å². The number of amides is 1. The highest BCUT2D eigenvalue weighted by Crippen LogP contribution is 2.57. The SMILES string of the molecule is COc1cccc(C(=O)COc2ccc(NC(=O)[C@@H]3[C@@H]4C[C@@H]5[C@H]3C(=O)O[C@@H]5C4)cc2)c1. The van der Waals surface area contributed by atoms with E-state index in [4.69, 9.17) is 14.2 Å². The lowest BCUT2D eigenvalue weighted by atomic mass is 9.79. The Morgan fingerprint density at radius 3 is 2.68 bits per heavy atom. The Bertz CT molecular complexity index is 1030. The standard InChI is InChI=1S/C24H23NO6/c1-29-17-4-2-3-13(9-17)19(26)12-30-16-7-5-15(6-8-16)25-23(27)21-14-10-18-20(11-14)31-24(28)22(18)21/h2-9,14,18,20-22H,10-12H2,1H3,(H,25,27)/t14-,18+,20-,21-,22-/m1/s1. The third-order valence-electron chi connectivity index (χ3n) is 6.67. The number of methoxy groups -OCH3 is 1. The fourth-order valence-electron chi connectivity index (χ4n) is 5.25. The summed E-state index contributed by atoms with van der Waals surface area (Å²) in [6.45, 7) is -0.102. The van der Waals surface area contributed by atoms with Gasteiger partial charge in [0.05, 0.1) is 18.9 Å². The Morgan fingerprint density at radius 1 is 1.10 bits per heavy atom. The first-order valence-corrected chi connectivity index (χ1v) is 10.4. The number of esters is 1. The van der Waals surface area contributed by atoms with Crippen molar-refractivity contribution >= 4 is 23.3 Å². The van der Waals surface area contributed by atoms with Gasteiger partial charge in [-0.1, -0.05) is 12.1 Å². The highest BCUT2D eigenvalue weighted by atomic mass is 16.6. The lowest BCUT2D eigenvalue weighted by Gasteiger charge is -2.23. The van der Waals surface area contributed by atoms with Crippen LogP contribution in [0, 0.1) is 23.7 Å². The van der Waals surface area contributed by atoms with E-state index in [0.717, 1.165) is 12.8 Å². The van der Waals surface area contributed by atoms with Crippen LogP contribution in [0.25, 0.3) is 0 Å². The van der Waals surface area contributed by atoms with Crippen molar-refractivity contribution in [1.82, 2.24) is 0 Å². The molecule has 2 bridgehead atoms. The van der Waals surface area contributed by atoms with E-state index in [1.807, 2.05) is 0 Å². The number of carbonyl (C=O) groups is 3. The van der Waals surface area contributed by atoms with E-state index in [9.17, 15) is 14.4 Å². The molecule has 0 spiro atoms. The van der Waals surface area contributed by atoms with Crippen molar-refractivity contribution in [3.8, 4) is 11.5 Å². The molecule has 2 aromatic carbocycles. The molecule has 7 heteroatoms. The maximum Gasteiger partial charge on any atom is 0.310 e. The van der Waals surface area contributed by atoms with Gasteiger partial charge in [0.1, 0.15) is 17.6 Å². The minimum Gasteiger partial charge on any atom is -0.497 e. The minimum absolute atomic E-state index is 0.0164. The van der Waals surface area contributed by atoms with E-state index in [0.29, 0.717) is 22.7 Å². The van der Waals surface area contributed by atoms with E-state index >= 15 is 0 Å². The maximum absolute atomic E-state index is 12.8. The first kappa shape index (κ1) is 19.6. The van der Waals surface area contributed by atoms with Crippen LogP contribution in [0.1, 0.15) is 23.2 Å². The first-order chi connectivity index (χ1) is 15.0. The highest BCUT2D eigenvalue weighted by molar-refractivity contribution is 5.98. The van der Waals surface area contributed by atoms with E-state index in [1.165, 1.54) is 0 Å². The Morgan fingerprint density at radius 2 is 1.90 bits per heavy atom. The summed E-state index contributed by atoms with van der Waals surface area (Å²) in [7, 11) is 1.55. The van der Waals surface area contributed by atoms with Crippen LogP contribution >= 0.6 is 0 Å². The fourth-order valence-corrected chi connectivity index (χ4v) is 5.25. The normalized spacial score (nSPS) is 27.6. The zero-order chi connectivity index (χ0) is 21.5. The van der Waals surface area contributed by atoms with Gasteiger partial charge in [0.25, 0.3) is 0 Å². The molecule has 2 saturated carbocycles. The van der Waals surface area contributed by atoms with Crippen molar-refractivity contribution in [2.24, 2.45) is 23.7 Å². The molecular formula is C24H23NO6. The molecule has 3 aliphatic rings. The average Bonchev–Trinajstić information content (AvgIpc) is 3.41. The summed E-state index contributed by atoms with van der Waals surface area (Å²) in [6.07, 6.45) is 1.70. The second-order valence-electron chi connectivity index (χ2n) is 8.38. The van der Waals surface area contributed by atoms with Gasteiger partial charge in [-0.25, -0.2) is 0 Å². The Hall–Kier alpha value is -3.35. The van der Waals surface area contributed by atoms with Crippen LogP contribution in [0.15, 0.2) is 48.5 Å². The number of ketones is 1. The van der Waals surface area contributed by atoms with Gasteiger partial charge in [0.2, 0.25) is 5.91 Å². The van der Waals surface area contributed by atoms with Crippen LogP contribution < -0.4 is 14.8 Å². The third-order valence-corrected chi connectivity index (χ3v) is 6.67. The number of benzene rings is 2. The monoisotopic (exact) mass is 421 g/mol.